The Bertz CT molecular complexity index is 1160. The molecule has 10 heteroatoms. The predicted molar refractivity (Wildman–Crippen MR) is 121 cm³/mol. The first-order chi connectivity index (χ1) is 14.4. The molecule has 0 bridgehead atoms. The van der Waals surface area contributed by atoms with Crippen LogP contribution >= 0.6 is 34.8 Å². The smallest absolute Gasteiger partial charge is 0.326 e. The molecule has 0 saturated heterocycles. The number of carbonyl (C=O) groups excluding carboxylic acids is 1. The first-order valence-corrected chi connectivity index (χ1v) is 10.5. The van der Waals surface area contributed by atoms with Gasteiger partial charge < -0.3 is 10.4 Å². The Morgan fingerprint density at radius 1 is 1.16 bits per heavy atom. The zero-order valence-corrected chi connectivity index (χ0v) is 19.5. The summed E-state index contributed by atoms with van der Waals surface area (Å²) in [7, 11) is 0. The monoisotopic (exact) mass is 482 g/mol. The SMILES string of the molecule is Cc1c(C(=O)N[C@H](C(=O)O)C(C)(C)C)nn(-c2ccc(Cl)cc2Cl)c1-n1cccc1Cl. The van der Waals surface area contributed by atoms with Gasteiger partial charge in [0, 0.05) is 16.8 Å². The molecule has 0 aliphatic carbocycles. The zero-order valence-electron chi connectivity index (χ0n) is 17.3. The van der Waals surface area contributed by atoms with Crippen LogP contribution in [0.5, 0.6) is 0 Å². The number of carboxylic acid groups (broad SMARTS) is 1. The summed E-state index contributed by atoms with van der Waals surface area (Å²) in [4.78, 5) is 24.8. The van der Waals surface area contributed by atoms with Crippen LogP contribution in [0.1, 0.15) is 36.8 Å². The van der Waals surface area contributed by atoms with Gasteiger partial charge in [0.2, 0.25) is 0 Å². The molecule has 0 radical (unpaired) electrons. The van der Waals surface area contributed by atoms with Crippen molar-refractivity contribution >= 4 is 46.7 Å². The van der Waals surface area contributed by atoms with Crippen molar-refractivity contribution in [1.29, 1.82) is 0 Å². The van der Waals surface area contributed by atoms with E-state index in [0.717, 1.165) is 0 Å². The second kappa shape index (κ2) is 8.57. The maximum absolute atomic E-state index is 13.1. The van der Waals surface area contributed by atoms with Gasteiger partial charge in [-0.05, 0) is 42.7 Å². The summed E-state index contributed by atoms with van der Waals surface area (Å²) in [5.41, 5.74) is 0.337. The van der Waals surface area contributed by atoms with Crippen molar-refractivity contribution in [3.63, 3.8) is 0 Å². The van der Waals surface area contributed by atoms with Gasteiger partial charge in [0.25, 0.3) is 5.91 Å². The Hall–Kier alpha value is -2.48. The average Bonchev–Trinajstić information content (AvgIpc) is 3.21. The third-order valence-corrected chi connectivity index (χ3v) is 5.61. The summed E-state index contributed by atoms with van der Waals surface area (Å²) in [6, 6.07) is 7.23. The average molecular weight is 484 g/mol. The Morgan fingerprint density at radius 3 is 2.35 bits per heavy atom. The maximum Gasteiger partial charge on any atom is 0.326 e. The molecule has 0 fully saturated rings. The molecule has 7 nitrogen and oxygen atoms in total. The van der Waals surface area contributed by atoms with Gasteiger partial charge in [-0.1, -0.05) is 55.6 Å². The highest BCUT2D eigenvalue weighted by Crippen LogP contribution is 2.31. The molecule has 2 N–H and O–H groups in total. The highest BCUT2D eigenvalue weighted by Gasteiger charge is 2.34. The fourth-order valence-electron chi connectivity index (χ4n) is 3.19. The molecule has 1 atom stereocenters. The Morgan fingerprint density at radius 2 is 1.84 bits per heavy atom. The van der Waals surface area contributed by atoms with Crippen LogP contribution in [0.2, 0.25) is 15.2 Å². The van der Waals surface area contributed by atoms with E-state index >= 15 is 0 Å². The lowest BCUT2D eigenvalue weighted by atomic mass is 9.86. The summed E-state index contributed by atoms with van der Waals surface area (Å²) in [5.74, 6) is -1.26. The topological polar surface area (TPSA) is 89.2 Å². The van der Waals surface area contributed by atoms with E-state index in [2.05, 4.69) is 10.4 Å². The minimum absolute atomic E-state index is 0.0567. The minimum atomic E-state index is -1.13. The van der Waals surface area contributed by atoms with Crippen LogP contribution in [0.25, 0.3) is 11.5 Å². The van der Waals surface area contributed by atoms with Crippen molar-refractivity contribution in [2.45, 2.75) is 33.7 Å². The predicted octanol–water partition coefficient (Wildman–Crippen LogP) is 5.16. The molecule has 3 aromatic rings. The molecule has 1 aromatic carbocycles. The van der Waals surface area contributed by atoms with Crippen molar-refractivity contribution < 1.29 is 14.7 Å². The van der Waals surface area contributed by atoms with Crippen LogP contribution in [-0.4, -0.2) is 37.4 Å². The summed E-state index contributed by atoms with van der Waals surface area (Å²) >= 11 is 18.8. The molecule has 2 aromatic heterocycles. The number of amides is 1. The molecule has 164 valence electrons. The number of rotatable bonds is 5. The third kappa shape index (κ3) is 4.59. The van der Waals surface area contributed by atoms with Gasteiger partial charge >= 0.3 is 5.97 Å². The van der Waals surface area contributed by atoms with Crippen molar-refractivity contribution in [2.75, 3.05) is 0 Å². The Labute approximate surface area is 194 Å². The van der Waals surface area contributed by atoms with Crippen LogP contribution in [0.15, 0.2) is 36.5 Å². The molecule has 2 heterocycles. The fourth-order valence-corrected chi connectivity index (χ4v) is 3.88. The van der Waals surface area contributed by atoms with Crippen LogP contribution in [0.4, 0.5) is 0 Å². The Kier molecular flexibility index (Phi) is 6.41. The van der Waals surface area contributed by atoms with E-state index in [1.54, 1.807) is 68.8 Å². The van der Waals surface area contributed by atoms with Crippen LogP contribution < -0.4 is 5.32 Å². The fraction of sp³-hybridized carbons (Fsp3) is 0.286. The number of hydrogen-bond donors (Lipinski definition) is 2. The lowest BCUT2D eigenvalue weighted by Crippen LogP contribution is -2.49. The van der Waals surface area contributed by atoms with Gasteiger partial charge in [0.05, 0.1) is 10.7 Å². The van der Waals surface area contributed by atoms with E-state index in [-0.39, 0.29) is 5.69 Å². The molecular formula is C21H21Cl3N4O3. The number of nitrogens with zero attached hydrogens (tertiary/aromatic N) is 3. The van der Waals surface area contributed by atoms with E-state index in [1.807, 2.05) is 0 Å². The highest BCUT2D eigenvalue weighted by atomic mass is 35.5. The van der Waals surface area contributed by atoms with Crippen LogP contribution in [0.3, 0.4) is 0 Å². The number of carbonyl (C=O) groups is 2. The number of aliphatic carboxylic acids is 1. The quantitative estimate of drug-likeness (QED) is 0.524. The van der Waals surface area contributed by atoms with Crippen molar-refractivity contribution in [3.05, 3.63) is 63.0 Å². The lowest BCUT2D eigenvalue weighted by Gasteiger charge is -2.27. The third-order valence-electron chi connectivity index (χ3n) is 4.76. The Balaban J connectivity index is 2.17. The van der Waals surface area contributed by atoms with Crippen LogP contribution in [-0.2, 0) is 4.79 Å². The van der Waals surface area contributed by atoms with E-state index in [4.69, 9.17) is 34.8 Å². The largest absolute Gasteiger partial charge is 0.480 e. The molecule has 0 spiro atoms. The summed E-state index contributed by atoms with van der Waals surface area (Å²) in [6.45, 7) is 6.91. The number of benzene rings is 1. The van der Waals surface area contributed by atoms with Crippen molar-refractivity contribution in [2.24, 2.45) is 5.41 Å². The minimum Gasteiger partial charge on any atom is -0.480 e. The molecule has 0 saturated carbocycles. The molecule has 3 rings (SSSR count). The second-order valence-electron chi connectivity index (χ2n) is 8.12. The number of aromatic nitrogens is 3. The number of hydrogen-bond acceptors (Lipinski definition) is 3. The summed E-state index contributed by atoms with van der Waals surface area (Å²) < 4.78 is 3.14. The molecule has 31 heavy (non-hydrogen) atoms. The van der Waals surface area contributed by atoms with Gasteiger partial charge in [-0.25, -0.2) is 9.48 Å². The van der Waals surface area contributed by atoms with Crippen molar-refractivity contribution in [1.82, 2.24) is 19.7 Å². The summed E-state index contributed by atoms with van der Waals surface area (Å²) in [5, 5.41) is 17.8. The second-order valence-corrected chi connectivity index (χ2v) is 9.35. The van der Waals surface area contributed by atoms with E-state index in [1.165, 1.54) is 4.68 Å². The van der Waals surface area contributed by atoms with Gasteiger partial charge in [-0.15, -0.1) is 0 Å². The van der Waals surface area contributed by atoms with Crippen LogP contribution in [0, 0.1) is 12.3 Å². The zero-order chi connectivity index (χ0) is 23.1. The van der Waals surface area contributed by atoms with Gasteiger partial charge in [-0.3, -0.25) is 9.36 Å². The molecular weight excluding hydrogens is 463 g/mol. The first kappa shape index (κ1) is 23.2. The highest BCUT2D eigenvalue weighted by molar-refractivity contribution is 6.35. The number of halogens is 3. The van der Waals surface area contributed by atoms with Crippen molar-refractivity contribution in [3.8, 4) is 11.5 Å². The van der Waals surface area contributed by atoms with E-state index in [9.17, 15) is 14.7 Å². The van der Waals surface area contributed by atoms with E-state index in [0.29, 0.717) is 32.3 Å². The molecule has 0 aliphatic rings. The first-order valence-electron chi connectivity index (χ1n) is 9.33. The molecule has 1 amide bonds. The van der Waals surface area contributed by atoms with Gasteiger partial charge in [-0.2, -0.15) is 5.10 Å². The number of nitrogens with one attached hydrogen (secondary N) is 1. The standard InChI is InChI=1S/C21H21Cl3N4O3/c1-11-16(18(29)25-17(20(30)31)21(2,3)4)26-28(14-8-7-12(22)10-13(14)23)19(11)27-9-5-6-15(27)24/h5-10,17H,1-4H3,(H,25,29)(H,30,31)/t17-/m1/s1. The maximum atomic E-state index is 13.1. The van der Waals surface area contributed by atoms with Gasteiger partial charge in [0.15, 0.2) is 5.69 Å². The summed E-state index contributed by atoms with van der Waals surface area (Å²) in [6.07, 6.45) is 1.73. The molecule has 0 unspecified atom stereocenters. The van der Waals surface area contributed by atoms with Gasteiger partial charge in [0.1, 0.15) is 17.0 Å². The molecule has 0 aliphatic heterocycles. The number of carboxylic acids is 1. The van der Waals surface area contributed by atoms with E-state index < -0.39 is 23.3 Å². The lowest BCUT2D eigenvalue weighted by molar-refractivity contribution is -0.142. The normalized spacial score (nSPS) is 12.6.